The number of nitrogens with two attached hydrogens (primary N) is 1. The lowest BCUT2D eigenvalue weighted by Crippen LogP contribution is -2.34. The van der Waals surface area contributed by atoms with Crippen molar-refractivity contribution in [2.75, 3.05) is 0 Å². The Kier molecular flexibility index (Phi) is 1.51. The summed E-state index contributed by atoms with van der Waals surface area (Å²) in [4.78, 5) is 10.7. The Morgan fingerprint density at radius 3 is 2.85 bits per heavy atom. The molecule has 0 amide bonds. The third-order valence-corrected chi connectivity index (χ3v) is 2.51. The highest BCUT2D eigenvalue weighted by Crippen LogP contribution is 2.49. The summed E-state index contributed by atoms with van der Waals surface area (Å²) < 4.78 is 5.31. The quantitative estimate of drug-likeness (QED) is 0.709. The van der Waals surface area contributed by atoms with Crippen molar-refractivity contribution in [1.82, 2.24) is 0 Å². The van der Waals surface area contributed by atoms with Crippen LogP contribution in [0.3, 0.4) is 0 Å². The van der Waals surface area contributed by atoms with Gasteiger partial charge in [-0.1, -0.05) is 0 Å². The highest BCUT2D eigenvalue weighted by molar-refractivity contribution is 5.84. The van der Waals surface area contributed by atoms with Crippen LogP contribution >= 0.6 is 0 Å². The predicted octanol–water partition coefficient (Wildman–Crippen LogP) is 0.857. The summed E-state index contributed by atoms with van der Waals surface area (Å²) in [6.45, 7) is 1.82. The van der Waals surface area contributed by atoms with Crippen molar-refractivity contribution in [1.29, 1.82) is 0 Å². The fourth-order valence-electron chi connectivity index (χ4n) is 1.51. The van der Waals surface area contributed by atoms with Gasteiger partial charge in [0.25, 0.3) is 0 Å². The molecule has 13 heavy (non-hydrogen) atoms. The van der Waals surface area contributed by atoms with E-state index < -0.39 is 11.5 Å². The average Bonchev–Trinajstić information content (AvgIpc) is 2.55. The fraction of sp³-hybridized carbons (Fsp3) is 0.444. The topological polar surface area (TPSA) is 76.5 Å². The first-order chi connectivity index (χ1) is 6.04. The Balaban J connectivity index is 2.20. The number of hydrogen-bond acceptors (Lipinski definition) is 3. The Morgan fingerprint density at radius 1 is 1.77 bits per heavy atom. The molecule has 0 aliphatic heterocycles. The van der Waals surface area contributed by atoms with E-state index in [-0.39, 0.29) is 5.92 Å². The lowest BCUT2D eigenvalue weighted by molar-refractivity contribution is -0.139. The molecule has 1 fully saturated rings. The molecule has 1 aliphatic carbocycles. The number of aryl methyl sites for hydroxylation is 1. The van der Waals surface area contributed by atoms with E-state index in [9.17, 15) is 4.79 Å². The number of rotatable bonds is 2. The Morgan fingerprint density at radius 2 is 2.46 bits per heavy atom. The van der Waals surface area contributed by atoms with Crippen molar-refractivity contribution < 1.29 is 14.3 Å². The third-order valence-electron chi connectivity index (χ3n) is 2.51. The largest absolute Gasteiger partial charge is 0.480 e. The molecular weight excluding hydrogens is 170 g/mol. The summed E-state index contributed by atoms with van der Waals surface area (Å²) in [5, 5.41) is 8.78. The zero-order chi connectivity index (χ0) is 9.64. The molecule has 2 atom stereocenters. The maximum atomic E-state index is 10.7. The number of carboxylic acids is 1. The van der Waals surface area contributed by atoms with E-state index >= 15 is 0 Å². The fourth-order valence-corrected chi connectivity index (χ4v) is 1.51. The van der Waals surface area contributed by atoms with Gasteiger partial charge in [0, 0.05) is 5.92 Å². The van der Waals surface area contributed by atoms with Crippen molar-refractivity contribution in [3.63, 3.8) is 0 Å². The molecule has 0 spiro atoms. The summed E-state index contributed by atoms with van der Waals surface area (Å²) >= 11 is 0. The lowest BCUT2D eigenvalue weighted by Gasteiger charge is -2.01. The van der Waals surface area contributed by atoms with Crippen molar-refractivity contribution in [2.45, 2.75) is 24.8 Å². The summed E-state index contributed by atoms with van der Waals surface area (Å²) in [5.41, 5.74) is 4.52. The molecule has 3 N–H and O–H groups in total. The van der Waals surface area contributed by atoms with Crippen molar-refractivity contribution in [2.24, 2.45) is 5.73 Å². The molecule has 0 bridgehead atoms. The highest BCUT2D eigenvalue weighted by atomic mass is 16.4. The summed E-state index contributed by atoms with van der Waals surface area (Å²) in [5.74, 6) is 0.363. The average molecular weight is 181 g/mol. The van der Waals surface area contributed by atoms with E-state index in [4.69, 9.17) is 15.3 Å². The van der Waals surface area contributed by atoms with Crippen molar-refractivity contribution >= 4 is 5.97 Å². The minimum absolute atomic E-state index is 0.154. The number of hydrogen-bond donors (Lipinski definition) is 2. The SMILES string of the molecule is Cc1ccc([C@@H]2C[C@@]2(N)C(=O)O)o1. The third kappa shape index (κ3) is 1.14. The van der Waals surface area contributed by atoms with Crippen molar-refractivity contribution in [3.8, 4) is 0 Å². The Hall–Kier alpha value is -1.29. The second-order valence-corrected chi connectivity index (χ2v) is 3.55. The van der Waals surface area contributed by atoms with Gasteiger partial charge in [-0.15, -0.1) is 0 Å². The van der Waals surface area contributed by atoms with Crippen LogP contribution < -0.4 is 5.73 Å². The van der Waals surface area contributed by atoms with Gasteiger partial charge in [0.1, 0.15) is 17.1 Å². The van der Waals surface area contributed by atoms with Gasteiger partial charge < -0.3 is 15.3 Å². The molecular formula is C9H11NO3. The van der Waals surface area contributed by atoms with Crippen LogP contribution in [0.15, 0.2) is 16.5 Å². The Bertz CT molecular complexity index is 357. The van der Waals surface area contributed by atoms with Crippen LogP contribution in [0.5, 0.6) is 0 Å². The minimum atomic E-state index is -1.09. The molecule has 0 unspecified atom stereocenters. The maximum Gasteiger partial charge on any atom is 0.324 e. The smallest absolute Gasteiger partial charge is 0.324 e. The van der Waals surface area contributed by atoms with Crippen LogP contribution in [0, 0.1) is 6.92 Å². The normalized spacial score (nSPS) is 31.7. The molecule has 0 radical (unpaired) electrons. The highest BCUT2D eigenvalue weighted by Gasteiger charge is 2.59. The van der Waals surface area contributed by atoms with Crippen LogP contribution in [0.4, 0.5) is 0 Å². The van der Waals surface area contributed by atoms with E-state index in [1.165, 1.54) is 0 Å². The number of carbonyl (C=O) groups is 1. The first kappa shape index (κ1) is 8.31. The van der Waals surface area contributed by atoms with E-state index in [1.54, 1.807) is 6.07 Å². The van der Waals surface area contributed by atoms with Gasteiger partial charge in [-0.05, 0) is 25.5 Å². The van der Waals surface area contributed by atoms with Crippen LogP contribution in [0.1, 0.15) is 23.9 Å². The molecule has 70 valence electrons. The zero-order valence-corrected chi connectivity index (χ0v) is 7.28. The van der Waals surface area contributed by atoms with Gasteiger partial charge in [0.05, 0.1) is 0 Å². The standard InChI is InChI=1S/C9H11NO3/c1-5-2-3-7(13-5)6-4-9(6,10)8(11)12/h2-3,6H,4,10H2,1H3,(H,11,12)/t6-,9-/m0/s1. The molecule has 4 nitrogen and oxygen atoms in total. The number of aliphatic carboxylic acids is 1. The van der Waals surface area contributed by atoms with Gasteiger partial charge in [-0.25, -0.2) is 0 Å². The van der Waals surface area contributed by atoms with Gasteiger partial charge in [0.2, 0.25) is 0 Å². The molecule has 1 aromatic rings. The maximum absolute atomic E-state index is 10.7. The molecule has 2 rings (SSSR count). The number of carboxylic acid groups (broad SMARTS) is 1. The molecule has 0 aromatic carbocycles. The van der Waals surface area contributed by atoms with E-state index in [0.717, 1.165) is 5.76 Å². The molecule has 1 aromatic heterocycles. The summed E-state index contributed by atoms with van der Waals surface area (Å²) in [6.07, 6.45) is 0.468. The first-order valence-electron chi connectivity index (χ1n) is 4.12. The summed E-state index contributed by atoms with van der Waals surface area (Å²) in [6, 6.07) is 3.60. The molecule has 1 saturated carbocycles. The minimum Gasteiger partial charge on any atom is -0.480 e. The molecule has 4 heteroatoms. The zero-order valence-electron chi connectivity index (χ0n) is 7.28. The second-order valence-electron chi connectivity index (χ2n) is 3.55. The van der Waals surface area contributed by atoms with Gasteiger partial charge in [-0.3, -0.25) is 4.79 Å². The van der Waals surface area contributed by atoms with Crippen molar-refractivity contribution in [3.05, 3.63) is 23.7 Å². The van der Waals surface area contributed by atoms with E-state index in [1.807, 2.05) is 13.0 Å². The molecule has 1 aliphatic rings. The van der Waals surface area contributed by atoms with Crippen LogP contribution in [0.2, 0.25) is 0 Å². The predicted molar refractivity (Wildman–Crippen MR) is 45.4 cm³/mol. The lowest BCUT2D eigenvalue weighted by atomic mass is 10.2. The van der Waals surface area contributed by atoms with Crippen LogP contribution in [0.25, 0.3) is 0 Å². The monoisotopic (exact) mass is 181 g/mol. The van der Waals surface area contributed by atoms with E-state index in [2.05, 4.69) is 0 Å². The van der Waals surface area contributed by atoms with E-state index in [0.29, 0.717) is 12.2 Å². The van der Waals surface area contributed by atoms with Gasteiger partial charge in [-0.2, -0.15) is 0 Å². The van der Waals surface area contributed by atoms with Gasteiger partial charge >= 0.3 is 5.97 Å². The van der Waals surface area contributed by atoms with Crippen LogP contribution in [-0.2, 0) is 4.79 Å². The summed E-state index contributed by atoms with van der Waals surface area (Å²) in [7, 11) is 0. The number of furan rings is 1. The van der Waals surface area contributed by atoms with Gasteiger partial charge in [0.15, 0.2) is 0 Å². The Labute approximate surface area is 75.3 Å². The van der Waals surface area contributed by atoms with Crippen LogP contribution in [-0.4, -0.2) is 16.6 Å². The molecule has 0 saturated heterocycles. The first-order valence-corrected chi connectivity index (χ1v) is 4.12. The molecule has 1 heterocycles. The second kappa shape index (κ2) is 2.35.